The number of likely N-dealkylation sites (N-methyl/N-ethyl adjacent to an activating group) is 1. The molecule has 0 aromatic carbocycles. The molecule has 12 nitrogen and oxygen atoms in total. The zero-order valence-corrected chi connectivity index (χ0v) is 14.5. The van der Waals surface area contributed by atoms with E-state index < -0.39 is 20.8 Å². The Labute approximate surface area is 141 Å². The van der Waals surface area contributed by atoms with Crippen LogP contribution in [0.2, 0.25) is 0 Å². The van der Waals surface area contributed by atoms with Gasteiger partial charge in [0.05, 0.1) is 11.2 Å². The van der Waals surface area contributed by atoms with Crippen molar-refractivity contribution in [2.24, 2.45) is 4.52 Å². The molecule has 1 saturated heterocycles. The quantitative estimate of drug-likeness (QED) is 0.178. The normalized spacial score (nSPS) is 15.0. The molecule has 0 saturated carbocycles. The molecular formula is C4H9F2N8NaO4S2. The van der Waals surface area contributed by atoms with E-state index in [2.05, 4.69) is 0 Å². The Morgan fingerprint density at radius 1 is 1.10 bits per heavy atom. The summed E-state index contributed by atoms with van der Waals surface area (Å²) in [6.07, 6.45) is 0. The molecule has 1 aliphatic rings. The second kappa shape index (κ2) is 11.9. The predicted molar refractivity (Wildman–Crippen MR) is 63.5 cm³/mol. The van der Waals surface area contributed by atoms with E-state index in [1.54, 1.807) is 21.4 Å². The molecule has 1 rings (SSSR count). The Kier molecular flexibility index (Phi) is 14.3. The van der Waals surface area contributed by atoms with E-state index >= 15 is 0 Å². The van der Waals surface area contributed by atoms with Crippen molar-refractivity contribution in [3.05, 3.63) is 26.4 Å². The molecule has 17 heteroatoms. The van der Waals surface area contributed by atoms with Crippen LogP contribution in [0.1, 0.15) is 0 Å². The summed E-state index contributed by atoms with van der Waals surface area (Å²) in [6, 6.07) is 0. The summed E-state index contributed by atoms with van der Waals surface area (Å²) in [6.45, 7) is 1.03. The maximum Gasteiger partial charge on any atom is 1.00 e. The number of hydrogen-bond donors (Lipinski definition) is 0. The zero-order valence-electron chi connectivity index (χ0n) is 10.9. The molecule has 1 heterocycles. The van der Waals surface area contributed by atoms with Gasteiger partial charge in [-0.25, -0.2) is 0 Å². The Morgan fingerprint density at radius 3 is 1.62 bits per heavy atom. The van der Waals surface area contributed by atoms with E-state index in [1.807, 2.05) is 0 Å². The first-order chi connectivity index (χ1) is 8.97. The first kappa shape index (κ1) is 25.3. The number of nitrogens with zero attached hydrogens (tertiary/aromatic N) is 8. The molecule has 0 aliphatic carbocycles. The van der Waals surface area contributed by atoms with Gasteiger partial charge in [-0.1, -0.05) is 7.77 Å². The van der Waals surface area contributed by atoms with Crippen LogP contribution in [-0.4, -0.2) is 52.8 Å². The van der Waals surface area contributed by atoms with Gasteiger partial charge in [-0.3, -0.25) is 9.81 Å². The van der Waals surface area contributed by atoms with Crippen LogP contribution in [-0.2, 0) is 20.8 Å². The fourth-order valence-electron chi connectivity index (χ4n) is 0.915. The first-order valence-electron chi connectivity index (χ1n) is 4.35. The van der Waals surface area contributed by atoms with Gasteiger partial charge in [-0.2, -0.15) is 21.1 Å². The summed E-state index contributed by atoms with van der Waals surface area (Å²) in [4.78, 5) is 4.90. The molecule has 0 radical (unpaired) electrons. The SMILES string of the molecule is CN1CCN(S(=O)(=O)F)C1.[N-]=[N+]=NS(=O)(=O)F.[N-]=[N+]=[N-].[Na+]. The number of halogens is 2. The van der Waals surface area contributed by atoms with E-state index in [1.165, 1.54) is 4.91 Å². The van der Waals surface area contributed by atoms with Gasteiger partial charge in [-0.15, -0.1) is 0 Å². The van der Waals surface area contributed by atoms with Crippen molar-refractivity contribution in [1.82, 2.24) is 9.21 Å². The van der Waals surface area contributed by atoms with Crippen LogP contribution in [0.3, 0.4) is 0 Å². The Bertz CT molecular complexity index is 583. The standard InChI is InChI=1S/C4H9FN2O2S.FN3O2S.N3.Na/c1-6-2-3-7(4-6)10(5,8)9;1-7(5,6)4-3-2;1-3-2;/h2-4H2,1H3;;;/q;;-1;+1. The third kappa shape index (κ3) is 17.2. The van der Waals surface area contributed by atoms with Gasteiger partial charge in [-0.05, 0) is 12.6 Å². The van der Waals surface area contributed by atoms with Crippen LogP contribution < -0.4 is 29.6 Å². The fraction of sp³-hybridized carbons (Fsp3) is 1.00. The second-order valence-electron chi connectivity index (χ2n) is 3.01. The molecule has 0 aromatic rings. The molecule has 0 amide bonds. The summed E-state index contributed by atoms with van der Waals surface area (Å²) in [5, 5.41) is 0. The molecule has 21 heavy (non-hydrogen) atoms. The van der Waals surface area contributed by atoms with Gasteiger partial charge in [0.1, 0.15) is 0 Å². The van der Waals surface area contributed by atoms with Crippen molar-refractivity contribution < 1.29 is 54.2 Å². The van der Waals surface area contributed by atoms with Crippen LogP contribution in [0, 0.1) is 0 Å². The van der Waals surface area contributed by atoms with E-state index in [0.717, 1.165) is 4.31 Å². The molecule has 1 fully saturated rings. The van der Waals surface area contributed by atoms with Crippen LogP contribution in [0.25, 0.3) is 26.4 Å². The van der Waals surface area contributed by atoms with Crippen molar-refractivity contribution in [2.45, 2.75) is 0 Å². The molecule has 0 aromatic heterocycles. The van der Waals surface area contributed by atoms with E-state index in [4.69, 9.17) is 25.0 Å². The van der Waals surface area contributed by atoms with Crippen molar-refractivity contribution in [3.63, 3.8) is 0 Å². The van der Waals surface area contributed by atoms with E-state index in [9.17, 15) is 16.2 Å². The fourth-order valence-corrected chi connectivity index (χ4v) is 1.64. The first-order valence-corrected chi connectivity index (χ1v) is 7.03. The summed E-state index contributed by atoms with van der Waals surface area (Å²) >= 11 is 0. The van der Waals surface area contributed by atoms with Gasteiger partial charge < -0.3 is 11.1 Å². The van der Waals surface area contributed by atoms with Crippen LogP contribution in [0.4, 0.5) is 7.77 Å². The van der Waals surface area contributed by atoms with Crippen LogP contribution >= 0.6 is 0 Å². The Balaban J connectivity index is -0.000000261. The van der Waals surface area contributed by atoms with Crippen molar-refractivity contribution in [2.75, 3.05) is 26.8 Å². The zero-order chi connectivity index (χ0) is 16.4. The minimum Gasteiger partial charge on any atom is -0.373 e. The third-order valence-corrected chi connectivity index (χ3v) is 2.76. The third-order valence-electron chi connectivity index (χ3n) is 1.57. The maximum atomic E-state index is 12.1. The number of hydrogen-bond acceptors (Lipinski definition) is 5. The minimum atomic E-state index is -4.97. The van der Waals surface area contributed by atoms with E-state index in [-0.39, 0.29) is 42.8 Å². The maximum absolute atomic E-state index is 12.1. The number of rotatable bonds is 2. The van der Waals surface area contributed by atoms with Crippen LogP contribution in [0.15, 0.2) is 4.52 Å². The average Bonchev–Trinajstić information content (AvgIpc) is 2.64. The average molecular weight is 358 g/mol. The number of azide groups is 1. The molecule has 0 N–H and O–H groups in total. The van der Waals surface area contributed by atoms with Crippen molar-refractivity contribution in [1.29, 1.82) is 0 Å². The summed E-state index contributed by atoms with van der Waals surface area (Å²) < 4.78 is 64.3. The topological polar surface area (TPSA) is 182 Å². The van der Waals surface area contributed by atoms with Gasteiger partial charge in [0.15, 0.2) is 0 Å². The van der Waals surface area contributed by atoms with Crippen molar-refractivity contribution >= 4 is 20.8 Å². The molecular weight excluding hydrogens is 349 g/mol. The summed E-state index contributed by atoms with van der Waals surface area (Å²) in [5.41, 5.74) is 20.7. The predicted octanol–water partition coefficient (Wildman–Crippen LogP) is -2.21. The Morgan fingerprint density at radius 2 is 1.52 bits per heavy atom. The molecule has 116 valence electrons. The monoisotopic (exact) mass is 358 g/mol. The Hall–Kier alpha value is -0.700. The summed E-state index contributed by atoms with van der Waals surface area (Å²) in [5.74, 6) is 0. The van der Waals surface area contributed by atoms with Gasteiger partial charge >= 0.3 is 50.4 Å². The smallest absolute Gasteiger partial charge is 0.373 e. The largest absolute Gasteiger partial charge is 1.00 e. The minimum absolute atomic E-state index is 0. The molecule has 0 bridgehead atoms. The van der Waals surface area contributed by atoms with Gasteiger partial charge in [0.25, 0.3) is 0 Å². The summed E-state index contributed by atoms with van der Waals surface area (Å²) in [7, 11) is -7.67. The van der Waals surface area contributed by atoms with E-state index in [0.29, 0.717) is 6.54 Å². The molecule has 1 aliphatic heterocycles. The van der Waals surface area contributed by atoms with Crippen LogP contribution in [0.5, 0.6) is 0 Å². The van der Waals surface area contributed by atoms with Gasteiger partial charge in [0.2, 0.25) is 0 Å². The second-order valence-corrected chi connectivity index (χ2v) is 5.34. The van der Waals surface area contributed by atoms with Crippen molar-refractivity contribution in [3.8, 4) is 0 Å². The molecule has 0 atom stereocenters. The molecule has 0 spiro atoms. The van der Waals surface area contributed by atoms with Gasteiger partial charge in [0, 0.05) is 18.0 Å². The molecule has 0 unspecified atom stereocenters.